The van der Waals surface area contributed by atoms with Crippen LogP contribution in [0.25, 0.3) is 0 Å². The van der Waals surface area contributed by atoms with Crippen LogP contribution in [0, 0.1) is 17.8 Å². The Bertz CT molecular complexity index is 409. The second-order valence-corrected chi connectivity index (χ2v) is 7.34. The highest BCUT2D eigenvalue weighted by molar-refractivity contribution is 5.84. The number of hydrogen-bond acceptors (Lipinski definition) is 2. The van der Waals surface area contributed by atoms with Gasteiger partial charge in [0.05, 0.1) is 0 Å². The Balaban J connectivity index is 1.48. The maximum atomic E-state index is 12.2. The largest absolute Gasteiger partial charge is 0.353 e. The van der Waals surface area contributed by atoms with Gasteiger partial charge in [0, 0.05) is 24.9 Å². The molecular weight excluding hydrogens is 264 g/mol. The first-order chi connectivity index (χ1) is 10.1. The summed E-state index contributed by atoms with van der Waals surface area (Å²) in [6.07, 6.45) is 9.82. The second kappa shape index (κ2) is 5.82. The molecule has 0 aliphatic heterocycles. The van der Waals surface area contributed by atoms with Gasteiger partial charge in [-0.05, 0) is 56.3 Å². The molecule has 21 heavy (non-hydrogen) atoms. The van der Waals surface area contributed by atoms with E-state index < -0.39 is 0 Å². The van der Waals surface area contributed by atoms with Crippen molar-refractivity contribution < 1.29 is 9.59 Å². The minimum atomic E-state index is -0.0736. The van der Waals surface area contributed by atoms with Crippen LogP contribution in [0.3, 0.4) is 0 Å². The molecule has 4 saturated carbocycles. The highest BCUT2D eigenvalue weighted by Crippen LogP contribution is 2.55. The zero-order valence-electron chi connectivity index (χ0n) is 12.7. The highest BCUT2D eigenvalue weighted by Gasteiger charge is 2.51. The van der Waals surface area contributed by atoms with E-state index in [2.05, 4.69) is 17.2 Å². The number of carbonyl (C=O) groups excluding carboxylic acids is 2. The molecular formula is C17H26N2O2. The van der Waals surface area contributed by atoms with Crippen molar-refractivity contribution in [2.45, 2.75) is 56.9 Å². The minimum Gasteiger partial charge on any atom is -0.353 e. The van der Waals surface area contributed by atoms with Gasteiger partial charge in [-0.2, -0.15) is 0 Å². The van der Waals surface area contributed by atoms with Crippen LogP contribution >= 0.6 is 0 Å². The lowest BCUT2D eigenvalue weighted by molar-refractivity contribution is -0.130. The Morgan fingerprint density at radius 1 is 1.00 bits per heavy atom. The van der Waals surface area contributed by atoms with Crippen LogP contribution in [-0.4, -0.2) is 23.9 Å². The van der Waals surface area contributed by atoms with Crippen LogP contribution in [0.1, 0.15) is 51.4 Å². The molecule has 4 bridgehead atoms. The number of carbonyl (C=O) groups is 2. The third kappa shape index (κ3) is 3.30. The summed E-state index contributed by atoms with van der Waals surface area (Å²) < 4.78 is 0. The fraction of sp³-hybridized carbons (Fsp3) is 0.765. The Kier molecular flexibility index (Phi) is 4.05. The molecule has 0 atom stereocenters. The molecule has 4 fully saturated rings. The summed E-state index contributed by atoms with van der Waals surface area (Å²) in [7, 11) is 0. The van der Waals surface area contributed by atoms with Gasteiger partial charge in [-0.1, -0.05) is 6.08 Å². The first kappa shape index (κ1) is 14.6. The lowest BCUT2D eigenvalue weighted by Crippen LogP contribution is -2.59. The van der Waals surface area contributed by atoms with Crippen molar-refractivity contribution in [2.75, 3.05) is 6.54 Å². The van der Waals surface area contributed by atoms with Gasteiger partial charge in [-0.3, -0.25) is 9.59 Å². The fourth-order valence-electron chi connectivity index (χ4n) is 5.12. The van der Waals surface area contributed by atoms with Gasteiger partial charge in [0.2, 0.25) is 11.8 Å². The summed E-state index contributed by atoms with van der Waals surface area (Å²) >= 11 is 0. The van der Waals surface area contributed by atoms with Crippen LogP contribution in [-0.2, 0) is 9.59 Å². The molecule has 4 aliphatic rings. The summed E-state index contributed by atoms with van der Waals surface area (Å²) in [6, 6.07) is 0. The zero-order chi connectivity index (χ0) is 14.9. The van der Waals surface area contributed by atoms with Crippen molar-refractivity contribution in [3.63, 3.8) is 0 Å². The van der Waals surface area contributed by atoms with Crippen LogP contribution in [0.4, 0.5) is 0 Å². The monoisotopic (exact) mass is 290 g/mol. The number of hydrogen-bond donors (Lipinski definition) is 2. The lowest BCUT2D eigenvalue weighted by Gasteiger charge is -2.56. The van der Waals surface area contributed by atoms with Crippen LogP contribution < -0.4 is 10.6 Å². The van der Waals surface area contributed by atoms with Crippen molar-refractivity contribution in [3.8, 4) is 0 Å². The van der Waals surface area contributed by atoms with Gasteiger partial charge in [0.15, 0.2) is 0 Å². The fourth-order valence-corrected chi connectivity index (χ4v) is 5.12. The summed E-state index contributed by atoms with van der Waals surface area (Å²) in [6.45, 7) is 4.02. The number of nitrogens with one attached hydrogen (secondary N) is 2. The third-order valence-corrected chi connectivity index (χ3v) is 5.47. The summed E-state index contributed by atoms with van der Waals surface area (Å²) in [4.78, 5) is 23.7. The van der Waals surface area contributed by atoms with E-state index in [0.717, 1.165) is 37.0 Å². The molecule has 0 aromatic rings. The predicted octanol–water partition coefficient (Wildman–Crippen LogP) is 2.15. The summed E-state index contributed by atoms with van der Waals surface area (Å²) in [5.74, 6) is 2.45. The topological polar surface area (TPSA) is 58.2 Å². The van der Waals surface area contributed by atoms with Crippen molar-refractivity contribution in [1.82, 2.24) is 10.6 Å². The first-order valence-corrected chi connectivity index (χ1v) is 8.27. The van der Waals surface area contributed by atoms with E-state index in [1.165, 1.54) is 19.3 Å². The Morgan fingerprint density at radius 2 is 1.52 bits per heavy atom. The van der Waals surface area contributed by atoms with E-state index in [0.29, 0.717) is 13.0 Å². The molecule has 4 nitrogen and oxygen atoms in total. The van der Waals surface area contributed by atoms with E-state index in [1.807, 2.05) is 0 Å². The smallest absolute Gasteiger partial charge is 0.220 e. The van der Waals surface area contributed by atoms with Crippen molar-refractivity contribution in [3.05, 3.63) is 12.7 Å². The summed E-state index contributed by atoms with van der Waals surface area (Å²) in [5, 5.41) is 6.01. The SMILES string of the molecule is C=CCNC(=O)CCC(=O)NC12CC3CC(CC(C3)C1)C2. The molecule has 0 radical (unpaired) electrons. The zero-order valence-corrected chi connectivity index (χ0v) is 12.7. The number of rotatable bonds is 6. The van der Waals surface area contributed by atoms with E-state index >= 15 is 0 Å². The molecule has 0 aromatic heterocycles. The van der Waals surface area contributed by atoms with Crippen molar-refractivity contribution >= 4 is 11.8 Å². The van der Waals surface area contributed by atoms with Gasteiger partial charge in [-0.25, -0.2) is 0 Å². The maximum Gasteiger partial charge on any atom is 0.220 e. The average Bonchev–Trinajstić information content (AvgIpc) is 2.40. The second-order valence-electron chi connectivity index (χ2n) is 7.34. The molecule has 4 aliphatic carbocycles. The van der Waals surface area contributed by atoms with Crippen LogP contribution in [0.15, 0.2) is 12.7 Å². The molecule has 0 unspecified atom stereocenters. The van der Waals surface area contributed by atoms with Crippen molar-refractivity contribution in [1.29, 1.82) is 0 Å². The van der Waals surface area contributed by atoms with Gasteiger partial charge in [0.25, 0.3) is 0 Å². The average molecular weight is 290 g/mol. The molecule has 0 aromatic carbocycles. The van der Waals surface area contributed by atoms with Gasteiger partial charge in [-0.15, -0.1) is 6.58 Å². The number of amides is 2. The van der Waals surface area contributed by atoms with Gasteiger partial charge in [0.1, 0.15) is 0 Å². The van der Waals surface area contributed by atoms with E-state index in [4.69, 9.17) is 0 Å². The predicted molar refractivity (Wildman–Crippen MR) is 81.5 cm³/mol. The first-order valence-electron chi connectivity index (χ1n) is 8.27. The minimum absolute atomic E-state index is 0.0469. The normalized spacial score (nSPS) is 36.3. The molecule has 2 N–H and O–H groups in total. The van der Waals surface area contributed by atoms with Crippen molar-refractivity contribution in [2.24, 2.45) is 17.8 Å². The van der Waals surface area contributed by atoms with E-state index in [1.54, 1.807) is 6.08 Å². The van der Waals surface area contributed by atoms with E-state index in [-0.39, 0.29) is 23.8 Å². The van der Waals surface area contributed by atoms with Gasteiger partial charge < -0.3 is 10.6 Å². The Hall–Kier alpha value is -1.32. The third-order valence-electron chi connectivity index (χ3n) is 5.47. The Morgan fingerprint density at radius 3 is 2.05 bits per heavy atom. The quantitative estimate of drug-likeness (QED) is 0.736. The molecule has 0 spiro atoms. The van der Waals surface area contributed by atoms with E-state index in [9.17, 15) is 9.59 Å². The highest BCUT2D eigenvalue weighted by atomic mass is 16.2. The molecule has 2 amide bonds. The molecule has 0 saturated heterocycles. The molecule has 116 valence electrons. The van der Waals surface area contributed by atoms with Crippen LogP contribution in [0.2, 0.25) is 0 Å². The molecule has 4 heteroatoms. The summed E-state index contributed by atoms with van der Waals surface area (Å²) in [5.41, 5.74) is 0.0590. The maximum absolute atomic E-state index is 12.2. The molecule has 0 heterocycles. The standard InChI is InChI=1S/C17H26N2O2/c1-2-5-18-15(20)3-4-16(21)19-17-9-12-6-13(10-17)8-14(7-12)11-17/h2,12-14H,1,3-11H2,(H,18,20)(H,19,21). The molecule has 4 rings (SSSR count). The lowest BCUT2D eigenvalue weighted by atomic mass is 9.53. The van der Waals surface area contributed by atoms with Crippen LogP contribution in [0.5, 0.6) is 0 Å². The Labute approximate surface area is 126 Å². The van der Waals surface area contributed by atoms with Gasteiger partial charge >= 0.3 is 0 Å².